The van der Waals surface area contributed by atoms with Crippen LogP contribution >= 0.6 is 0 Å². The molecule has 1 aliphatic heterocycles. The first-order valence-electron chi connectivity index (χ1n) is 7.40. The fourth-order valence-corrected chi connectivity index (χ4v) is 6.58. The van der Waals surface area contributed by atoms with Crippen molar-refractivity contribution < 1.29 is 28.2 Å². The molecule has 23 heavy (non-hydrogen) atoms. The molecule has 3 aliphatic rings. The van der Waals surface area contributed by atoms with Gasteiger partial charge in [0, 0.05) is 12.1 Å². The highest BCUT2D eigenvalue weighted by Crippen LogP contribution is 2.64. The van der Waals surface area contributed by atoms with E-state index in [-0.39, 0.29) is 17.0 Å². The molecule has 7 nitrogen and oxygen atoms in total. The van der Waals surface area contributed by atoms with Crippen LogP contribution in [0.15, 0.2) is 35.2 Å². The van der Waals surface area contributed by atoms with Crippen LogP contribution < -0.4 is 0 Å². The van der Waals surface area contributed by atoms with Crippen molar-refractivity contribution in [1.29, 1.82) is 0 Å². The second kappa shape index (κ2) is 4.55. The van der Waals surface area contributed by atoms with E-state index < -0.39 is 45.6 Å². The number of carboxylic acids is 2. The number of carbonyl (C=O) groups is 2. The Hall–Kier alpha value is -1.93. The lowest BCUT2D eigenvalue weighted by Crippen LogP contribution is -2.37. The maximum Gasteiger partial charge on any atom is 0.307 e. The number of aliphatic carboxylic acids is 2. The zero-order chi connectivity index (χ0) is 16.5. The lowest BCUT2D eigenvalue weighted by molar-refractivity contribution is -0.155. The standard InChI is InChI=1S/C15H15NO6S/c17-14(18)10-8-6-9(11(10)15(19)20)13-12(8)16(13)23(21,22)7-4-2-1-3-5-7/h1-5,8-13H,6H2,(H,17,18)(H,19,20)/t8-,9-,10-,11+,12-,13+,16?/m1/s1. The second-order valence-electron chi connectivity index (χ2n) is 6.42. The van der Waals surface area contributed by atoms with Gasteiger partial charge in [-0.3, -0.25) is 9.59 Å². The van der Waals surface area contributed by atoms with Crippen molar-refractivity contribution in [3.63, 3.8) is 0 Å². The molecule has 0 spiro atoms. The van der Waals surface area contributed by atoms with E-state index in [1.165, 1.54) is 16.4 Å². The molecule has 1 unspecified atom stereocenters. The number of hydrogen-bond donors (Lipinski definition) is 2. The summed E-state index contributed by atoms with van der Waals surface area (Å²) in [5.41, 5.74) is 0. The van der Waals surface area contributed by atoms with E-state index in [0.29, 0.717) is 6.42 Å². The fraction of sp³-hybridized carbons (Fsp3) is 0.467. The van der Waals surface area contributed by atoms with Gasteiger partial charge < -0.3 is 10.2 Å². The highest BCUT2D eigenvalue weighted by atomic mass is 32.2. The number of rotatable bonds is 4. The minimum atomic E-state index is -3.70. The summed E-state index contributed by atoms with van der Waals surface area (Å²) < 4.78 is 26.7. The quantitative estimate of drug-likeness (QED) is 0.773. The largest absolute Gasteiger partial charge is 0.481 e. The Morgan fingerprint density at radius 1 is 0.957 bits per heavy atom. The van der Waals surface area contributed by atoms with Crippen LogP contribution in [-0.4, -0.2) is 47.0 Å². The molecule has 2 aliphatic carbocycles. The Kier molecular flexibility index (Phi) is 2.90. The molecule has 1 saturated heterocycles. The molecule has 4 rings (SSSR count). The summed E-state index contributed by atoms with van der Waals surface area (Å²) in [5, 5.41) is 18.7. The first-order valence-corrected chi connectivity index (χ1v) is 8.84. The molecular formula is C15H15NO6S. The highest BCUT2D eigenvalue weighted by Gasteiger charge is 2.76. The summed E-state index contributed by atoms with van der Waals surface area (Å²) in [4.78, 5) is 23.1. The third-order valence-corrected chi connectivity index (χ3v) is 7.38. The van der Waals surface area contributed by atoms with Crippen molar-refractivity contribution in [3.05, 3.63) is 30.3 Å². The molecule has 2 bridgehead atoms. The topological polar surface area (TPSA) is 112 Å². The van der Waals surface area contributed by atoms with Gasteiger partial charge in [0.1, 0.15) is 0 Å². The zero-order valence-corrected chi connectivity index (χ0v) is 12.8. The normalized spacial score (nSPS) is 40.6. The third-order valence-electron chi connectivity index (χ3n) is 5.47. The summed E-state index contributed by atoms with van der Waals surface area (Å²) in [6.45, 7) is 0. The molecule has 2 N–H and O–H groups in total. The number of piperidine rings is 1. The predicted octanol–water partition coefficient (Wildman–Crippen LogP) is 0.479. The van der Waals surface area contributed by atoms with E-state index in [9.17, 15) is 28.2 Å². The zero-order valence-electron chi connectivity index (χ0n) is 11.9. The average Bonchev–Trinajstić information content (AvgIpc) is 3.02. The van der Waals surface area contributed by atoms with E-state index in [1.807, 2.05) is 0 Å². The summed E-state index contributed by atoms with van der Waals surface area (Å²) in [6, 6.07) is 7.21. The van der Waals surface area contributed by atoms with Crippen molar-refractivity contribution >= 4 is 22.0 Å². The maximum atomic E-state index is 12.7. The molecule has 0 amide bonds. The van der Waals surface area contributed by atoms with Crippen LogP contribution in [0.3, 0.4) is 0 Å². The fourth-order valence-electron chi connectivity index (χ4n) is 4.68. The molecule has 3 fully saturated rings. The van der Waals surface area contributed by atoms with E-state index in [1.54, 1.807) is 18.2 Å². The number of carboxylic acid groups (broad SMARTS) is 2. The smallest absolute Gasteiger partial charge is 0.307 e. The molecule has 8 heteroatoms. The first kappa shape index (κ1) is 14.6. The van der Waals surface area contributed by atoms with Gasteiger partial charge in [0.15, 0.2) is 0 Å². The van der Waals surface area contributed by atoms with Crippen molar-refractivity contribution in [2.45, 2.75) is 23.4 Å². The minimum Gasteiger partial charge on any atom is -0.481 e. The third kappa shape index (κ3) is 1.82. The predicted molar refractivity (Wildman–Crippen MR) is 76.9 cm³/mol. The number of fused-ring (bicyclic) bond motifs is 5. The lowest BCUT2D eigenvalue weighted by Gasteiger charge is -2.22. The average molecular weight is 337 g/mol. The van der Waals surface area contributed by atoms with Crippen LogP contribution in [0.4, 0.5) is 0 Å². The van der Waals surface area contributed by atoms with Gasteiger partial charge in [-0.15, -0.1) is 0 Å². The molecule has 1 aromatic rings. The van der Waals surface area contributed by atoms with Crippen LogP contribution in [-0.2, 0) is 19.6 Å². The second-order valence-corrected chi connectivity index (χ2v) is 8.26. The van der Waals surface area contributed by atoms with Crippen LogP contribution in [0.25, 0.3) is 0 Å². The number of sulfonamides is 1. The van der Waals surface area contributed by atoms with Gasteiger partial charge in [0.2, 0.25) is 10.0 Å². The van der Waals surface area contributed by atoms with Crippen LogP contribution in [0, 0.1) is 23.7 Å². The lowest BCUT2D eigenvalue weighted by atomic mass is 9.79. The van der Waals surface area contributed by atoms with Crippen molar-refractivity contribution in [2.75, 3.05) is 0 Å². The molecule has 122 valence electrons. The number of benzene rings is 1. The van der Waals surface area contributed by atoms with Crippen molar-refractivity contribution in [3.8, 4) is 0 Å². The van der Waals surface area contributed by atoms with Gasteiger partial charge in [-0.2, -0.15) is 4.31 Å². The summed E-state index contributed by atoms with van der Waals surface area (Å²) in [6.07, 6.45) is 0.476. The van der Waals surface area contributed by atoms with Gasteiger partial charge >= 0.3 is 11.9 Å². The van der Waals surface area contributed by atoms with Gasteiger partial charge in [0.25, 0.3) is 0 Å². The molecule has 1 heterocycles. The molecule has 1 aromatic carbocycles. The highest BCUT2D eigenvalue weighted by molar-refractivity contribution is 7.89. The van der Waals surface area contributed by atoms with Crippen molar-refractivity contribution in [1.82, 2.24) is 4.31 Å². The number of nitrogens with zero attached hydrogens (tertiary/aromatic N) is 1. The maximum absolute atomic E-state index is 12.7. The Morgan fingerprint density at radius 2 is 1.43 bits per heavy atom. The SMILES string of the molecule is O=C(O)[C@@H]1[C@H]2C[C@H]([C@@H]1C(=O)O)[C@H]1[C@@H]2N1S(=O)(=O)c1ccccc1. The van der Waals surface area contributed by atoms with E-state index >= 15 is 0 Å². The van der Waals surface area contributed by atoms with E-state index in [2.05, 4.69) is 0 Å². The van der Waals surface area contributed by atoms with Gasteiger partial charge in [-0.05, 0) is 30.4 Å². The molecule has 0 radical (unpaired) electrons. The van der Waals surface area contributed by atoms with E-state index in [4.69, 9.17) is 0 Å². The molecule has 0 aromatic heterocycles. The minimum absolute atomic E-state index is 0.160. The monoisotopic (exact) mass is 337 g/mol. The Morgan fingerprint density at radius 3 is 1.87 bits per heavy atom. The first-order chi connectivity index (χ1) is 10.9. The van der Waals surface area contributed by atoms with Crippen LogP contribution in [0.5, 0.6) is 0 Å². The molecular weight excluding hydrogens is 322 g/mol. The van der Waals surface area contributed by atoms with Gasteiger partial charge in [-0.25, -0.2) is 8.42 Å². The van der Waals surface area contributed by atoms with E-state index in [0.717, 1.165) is 0 Å². The van der Waals surface area contributed by atoms with Crippen molar-refractivity contribution in [2.24, 2.45) is 23.7 Å². The van der Waals surface area contributed by atoms with Gasteiger partial charge in [-0.1, -0.05) is 18.2 Å². The number of hydrogen-bond acceptors (Lipinski definition) is 4. The Balaban J connectivity index is 1.69. The summed E-state index contributed by atoms with van der Waals surface area (Å²) >= 11 is 0. The van der Waals surface area contributed by atoms with Crippen LogP contribution in [0.2, 0.25) is 0 Å². The Labute approximate surface area is 132 Å². The van der Waals surface area contributed by atoms with Gasteiger partial charge in [0.05, 0.1) is 16.7 Å². The molecule has 7 atom stereocenters. The Bertz CT molecular complexity index is 759. The summed E-state index contributed by atoms with van der Waals surface area (Å²) in [5.74, 6) is -5.13. The molecule has 2 saturated carbocycles. The summed E-state index contributed by atoms with van der Waals surface area (Å²) in [7, 11) is -3.70. The van der Waals surface area contributed by atoms with Crippen LogP contribution in [0.1, 0.15) is 6.42 Å².